The largest absolute Gasteiger partial charge is 0.343 e. The molecular formula is C23H30N2O. The number of piperidine rings is 1. The van der Waals surface area contributed by atoms with Crippen LogP contribution in [0.3, 0.4) is 0 Å². The van der Waals surface area contributed by atoms with E-state index in [2.05, 4.69) is 53.4 Å². The highest BCUT2D eigenvalue weighted by molar-refractivity contribution is 5.76. The summed E-state index contributed by atoms with van der Waals surface area (Å²) in [4.78, 5) is 14.9. The fraction of sp³-hybridized carbons (Fsp3) is 0.435. The number of carbonyl (C=O) groups excluding carboxylic acids is 1. The molecule has 3 nitrogen and oxygen atoms in total. The minimum absolute atomic E-state index is 0.303. The first-order valence-corrected chi connectivity index (χ1v) is 9.80. The van der Waals surface area contributed by atoms with Crippen molar-refractivity contribution in [3.05, 3.63) is 71.8 Å². The van der Waals surface area contributed by atoms with E-state index in [4.69, 9.17) is 5.73 Å². The molecule has 2 aromatic rings. The predicted octanol–water partition coefficient (Wildman–Crippen LogP) is 3.68. The standard InChI is InChI=1S/C23H30N2O/c24-18-21-11-13-25(14-12-21)23(26)17-22(15-19-7-3-1-4-8-19)16-20-9-5-2-6-10-20/h1-10,21-22H,11-18,24H2. The van der Waals surface area contributed by atoms with Gasteiger partial charge in [-0.3, -0.25) is 4.79 Å². The molecule has 2 aromatic carbocycles. The van der Waals surface area contributed by atoms with Crippen molar-refractivity contribution in [2.45, 2.75) is 32.1 Å². The summed E-state index contributed by atoms with van der Waals surface area (Å²) >= 11 is 0. The third kappa shape index (κ3) is 5.43. The van der Waals surface area contributed by atoms with Gasteiger partial charge in [0.2, 0.25) is 5.91 Å². The van der Waals surface area contributed by atoms with Crippen LogP contribution >= 0.6 is 0 Å². The van der Waals surface area contributed by atoms with Gasteiger partial charge in [0.15, 0.2) is 0 Å². The Kier molecular flexibility index (Phi) is 6.84. The summed E-state index contributed by atoms with van der Waals surface area (Å²) in [7, 11) is 0. The zero-order chi connectivity index (χ0) is 18.2. The van der Waals surface area contributed by atoms with Crippen LogP contribution in [0.25, 0.3) is 0 Å². The molecule has 26 heavy (non-hydrogen) atoms. The SMILES string of the molecule is NCC1CCN(C(=O)CC(Cc2ccccc2)Cc2ccccc2)CC1. The Morgan fingerprint density at radius 3 is 1.88 bits per heavy atom. The Bertz CT molecular complexity index is 622. The van der Waals surface area contributed by atoms with Gasteiger partial charge in [-0.15, -0.1) is 0 Å². The van der Waals surface area contributed by atoms with E-state index in [0.717, 1.165) is 45.3 Å². The smallest absolute Gasteiger partial charge is 0.222 e. The molecule has 0 unspecified atom stereocenters. The maximum atomic E-state index is 12.9. The summed E-state index contributed by atoms with van der Waals surface area (Å²) in [6, 6.07) is 21.0. The minimum Gasteiger partial charge on any atom is -0.343 e. The molecule has 1 heterocycles. The van der Waals surface area contributed by atoms with Crippen LogP contribution in [0, 0.1) is 11.8 Å². The molecule has 0 atom stereocenters. The summed E-state index contributed by atoms with van der Waals surface area (Å²) in [6.45, 7) is 2.47. The van der Waals surface area contributed by atoms with Gasteiger partial charge in [-0.25, -0.2) is 0 Å². The lowest BCUT2D eigenvalue weighted by Gasteiger charge is -2.32. The van der Waals surface area contributed by atoms with Crippen LogP contribution in [0.1, 0.15) is 30.4 Å². The van der Waals surface area contributed by atoms with Gasteiger partial charge in [0.1, 0.15) is 0 Å². The highest BCUT2D eigenvalue weighted by atomic mass is 16.2. The summed E-state index contributed by atoms with van der Waals surface area (Å²) in [5.41, 5.74) is 8.39. The maximum absolute atomic E-state index is 12.9. The van der Waals surface area contributed by atoms with Crippen molar-refractivity contribution >= 4 is 5.91 Å². The number of nitrogens with zero attached hydrogens (tertiary/aromatic N) is 1. The van der Waals surface area contributed by atoms with Crippen LogP contribution in [0.15, 0.2) is 60.7 Å². The highest BCUT2D eigenvalue weighted by Gasteiger charge is 2.24. The zero-order valence-corrected chi connectivity index (χ0v) is 15.5. The molecule has 0 saturated carbocycles. The number of nitrogens with two attached hydrogens (primary N) is 1. The molecule has 0 aliphatic carbocycles. The lowest BCUT2D eigenvalue weighted by atomic mass is 9.89. The zero-order valence-electron chi connectivity index (χ0n) is 15.5. The van der Waals surface area contributed by atoms with Crippen LogP contribution in [0.5, 0.6) is 0 Å². The molecule has 0 aromatic heterocycles. The fourth-order valence-electron chi connectivity index (χ4n) is 3.91. The van der Waals surface area contributed by atoms with Crippen molar-refractivity contribution in [1.82, 2.24) is 4.90 Å². The molecule has 0 bridgehead atoms. The number of carbonyl (C=O) groups is 1. The summed E-state index contributed by atoms with van der Waals surface area (Å²) in [5, 5.41) is 0. The number of amides is 1. The average Bonchev–Trinajstić information content (AvgIpc) is 2.69. The van der Waals surface area contributed by atoms with E-state index in [0.29, 0.717) is 24.2 Å². The first-order chi connectivity index (χ1) is 12.7. The van der Waals surface area contributed by atoms with Crippen molar-refractivity contribution in [1.29, 1.82) is 0 Å². The molecule has 0 spiro atoms. The number of benzene rings is 2. The van der Waals surface area contributed by atoms with Crippen molar-refractivity contribution in [3.8, 4) is 0 Å². The van der Waals surface area contributed by atoms with E-state index in [1.807, 2.05) is 12.1 Å². The van der Waals surface area contributed by atoms with Gasteiger partial charge in [0.05, 0.1) is 0 Å². The lowest BCUT2D eigenvalue weighted by Crippen LogP contribution is -2.40. The topological polar surface area (TPSA) is 46.3 Å². The molecule has 1 saturated heterocycles. The molecule has 2 N–H and O–H groups in total. The molecule has 138 valence electrons. The number of likely N-dealkylation sites (tertiary alicyclic amines) is 1. The van der Waals surface area contributed by atoms with Crippen molar-refractivity contribution in [2.24, 2.45) is 17.6 Å². The quantitative estimate of drug-likeness (QED) is 0.828. The van der Waals surface area contributed by atoms with Gasteiger partial charge >= 0.3 is 0 Å². The number of rotatable bonds is 7. The molecule has 0 radical (unpaired) electrons. The monoisotopic (exact) mass is 350 g/mol. The first kappa shape index (κ1) is 18.7. The van der Waals surface area contributed by atoms with E-state index in [1.165, 1.54) is 11.1 Å². The summed E-state index contributed by atoms with van der Waals surface area (Å²) in [6.07, 6.45) is 4.60. The maximum Gasteiger partial charge on any atom is 0.222 e. The third-order valence-corrected chi connectivity index (χ3v) is 5.50. The van der Waals surface area contributed by atoms with Gasteiger partial charge in [0, 0.05) is 19.5 Å². The summed E-state index contributed by atoms with van der Waals surface area (Å²) < 4.78 is 0. The normalized spacial score (nSPS) is 15.4. The second kappa shape index (κ2) is 9.54. The van der Waals surface area contributed by atoms with Crippen LogP contribution in [-0.2, 0) is 17.6 Å². The van der Waals surface area contributed by atoms with Crippen LogP contribution in [-0.4, -0.2) is 30.4 Å². The number of hydrogen-bond acceptors (Lipinski definition) is 2. The molecule has 1 amide bonds. The third-order valence-electron chi connectivity index (χ3n) is 5.50. The van der Waals surface area contributed by atoms with Gasteiger partial charge in [-0.2, -0.15) is 0 Å². The fourth-order valence-corrected chi connectivity index (χ4v) is 3.91. The van der Waals surface area contributed by atoms with Gasteiger partial charge in [-0.05, 0) is 55.2 Å². The number of hydrogen-bond donors (Lipinski definition) is 1. The van der Waals surface area contributed by atoms with E-state index < -0.39 is 0 Å². The van der Waals surface area contributed by atoms with E-state index in [-0.39, 0.29) is 0 Å². The van der Waals surface area contributed by atoms with Gasteiger partial charge in [0.25, 0.3) is 0 Å². The average molecular weight is 351 g/mol. The van der Waals surface area contributed by atoms with Crippen molar-refractivity contribution in [2.75, 3.05) is 19.6 Å². The predicted molar refractivity (Wildman–Crippen MR) is 107 cm³/mol. The second-order valence-corrected chi connectivity index (χ2v) is 7.51. The molecular weight excluding hydrogens is 320 g/mol. The van der Waals surface area contributed by atoms with Crippen molar-refractivity contribution in [3.63, 3.8) is 0 Å². The molecule has 1 fully saturated rings. The summed E-state index contributed by atoms with van der Waals surface area (Å²) in [5.74, 6) is 1.22. The second-order valence-electron chi connectivity index (χ2n) is 7.51. The Morgan fingerprint density at radius 1 is 0.923 bits per heavy atom. The highest BCUT2D eigenvalue weighted by Crippen LogP contribution is 2.22. The van der Waals surface area contributed by atoms with Crippen LogP contribution in [0.2, 0.25) is 0 Å². The van der Waals surface area contributed by atoms with Crippen LogP contribution in [0.4, 0.5) is 0 Å². The Balaban J connectivity index is 1.63. The lowest BCUT2D eigenvalue weighted by molar-refractivity contribution is -0.133. The Labute approximate surface area is 157 Å². The Hall–Kier alpha value is -2.13. The first-order valence-electron chi connectivity index (χ1n) is 9.80. The van der Waals surface area contributed by atoms with E-state index in [1.54, 1.807) is 0 Å². The molecule has 3 heteroatoms. The van der Waals surface area contributed by atoms with Gasteiger partial charge < -0.3 is 10.6 Å². The van der Waals surface area contributed by atoms with Crippen LogP contribution < -0.4 is 5.73 Å². The van der Waals surface area contributed by atoms with Gasteiger partial charge in [-0.1, -0.05) is 60.7 Å². The molecule has 3 rings (SSSR count). The van der Waals surface area contributed by atoms with Crippen molar-refractivity contribution < 1.29 is 4.79 Å². The molecule has 1 aliphatic rings. The van der Waals surface area contributed by atoms with E-state index >= 15 is 0 Å². The minimum atomic E-state index is 0.303. The Morgan fingerprint density at radius 2 is 1.42 bits per heavy atom. The molecule has 1 aliphatic heterocycles. The van der Waals surface area contributed by atoms with E-state index in [9.17, 15) is 4.79 Å².